The molecular weight excluding hydrogens is 266 g/mol. The highest BCUT2D eigenvalue weighted by molar-refractivity contribution is 6.02. The molecule has 106 valence electrons. The van der Waals surface area contributed by atoms with Crippen LogP contribution >= 0.6 is 0 Å². The molecule has 1 heterocycles. The molecule has 0 bridgehead atoms. The fourth-order valence-corrected chi connectivity index (χ4v) is 1.68. The Bertz CT molecular complexity index is 673. The Morgan fingerprint density at radius 1 is 1.29 bits per heavy atom. The van der Waals surface area contributed by atoms with E-state index in [4.69, 9.17) is 5.26 Å². The van der Waals surface area contributed by atoms with Crippen molar-refractivity contribution in [1.82, 2.24) is 9.97 Å². The predicted molar refractivity (Wildman–Crippen MR) is 79.9 cm³/mol. The second kappa shape index (κ2) is 6.48. The van der Waals surface area contributed by atoms with Crippen molar-refractivity contribution in [2.24, 2.45) is 0 Å². The molecule has 1 amide bonds. The average molecular weight is 281 g/mol. The van der Waals surface area contributed by atoms with Crippen molar-refractivity contribution in [3.05, 3.63) is 47.9 Å². The molecule has 6 nitrogen and oxygen atoms in total. The van der Waals surface area contributed by atoms with Crippen molar-refractivity contribution in [1.29, 1.82) is 5.26 Å². The van der Waals surface area contributed by atoms with E-state index >= 15 is 0 Å². The van der Waals surface area contributed by atoms with E-state index in [9.17, 15) is 4.79 Å². The van der Waals surface area contributed by atoms with Gasteiger partial charge in [0.25, 0.3) is 5.91 Å². The molecule has 0 unspecified atom stereocenters. The second-order valence-electron chi connectivity index (χ2n) is 4.73. The highest BCUT2D eigenvalue weighted by atomic mass is 16.1. The molecular formula is C15H15N5O. The summed E-state index contributed by atoms with van der Waals surface area (Å²) >= 11 is 0. The van der Waals surface area contributed by atoms with Crippen LogP contribution in [0.15, 0.2) is 36.7 Å². The van der Waals surface area contributed by atoms with Crippen LogP contribution in [0.3, 0.4) is 0 Å². The number of benzene rings is 1. The number of aromatic nitrogens is 2. The summed E-state index contributed by atoms with van der Waals surface area (Å²) in [7, 11) is 0. The standard InChI is InChI=1S/C15H15N5O/c1-10(2)19-14-9-17-13(8-18-14)15(21)20-12-5-3-4-11(6-12)7-16/h3-6,8-10H,1-2H3,(H,18,19)(H,20,21). The normalized spacial score (nSPS) is 10.0. The summed E-state index contributed by atoms with van der Waals surface area (Å²) in [6.07, 6.45) is 2.93. The van der Waals surface area contributed by atoms with Gasteiger partial charge in [-0.15, -0.1) is 0 Å². The molecule has 2 rings (SSSR count). The number of carbonyl (C=O) groups is 1. The quantitative estimate of drug-likeness (QED) is 0.898. The molecule has 21 heavy (non-hydrogen) atoms. The van der Waals surface area contributed by atoms with Crippen LogP contribution in [0.4, 0.5) is 11.5 Å². The molecule has 0 aliphatic rings. The van der Waals surface area contributed by atoms with Crippen LogP contribution in [-0.4, -0.2) is 21.9 Å². The largest absolute Gasteiger partial charge is 0.367 e. The van der Waals surface area contributed by atoms with Gasteiger partial charge in [0, 0.05) is 11.7 Å². The average Bonchev–Trinajstić information content (AvgIpc) is 2.47. The number of carbonyl (C=O) groups excluding carboxylic acids is 1. The zero-order valence-corrected chi connectivity index (χ0v) is 11.8. The number of nitrogens with one attached hydrogen (secondary N) is 2. The van der Waals surface area contributed by atoms with Crippen molar-refractivity contribution < 1.29 is 4.79 Å². The first kappa shape index (κ1) is 14.5. The van der Waals surface area contributed by atoms with Gasteiger partial charge in [-0.05, 0) is 32.0 Å². The smallest absolute Gasteiger partial charge is 0.275 e. The molecule has 0 saturated carbocycles. The Morgan fingerprint density at radius 3 is 2.71 bits per heavy atom. The molecule has 1 aromatic carbocycles. The highest BCUT2D eigenvalue weighted by Gasteiger charge is 2.09. The summed E-state index contributed by atoms with van der Waals surface area (Å²) in [6, 6.07) is 8.94. The summed E-state index contributed by atoms with van der Waals surface area (Å²) in [4.78, 5) is 20.2. The molecule has 2 aromatic rings. The Labute approximate surface area is 122 Å². The molecule has 1 aromatic heterocycles. The van der Waals surface area contributed by atoms with Gasteiger partial charge in [-0.3, -0.25) is 4.79 Å². The molecule has 0 radical (unpaired) electrons. The molecule has 2 N–H and O–H groups in total. The van der Waals surface area contributed by atoms with Crippen molar-refractivity contribution in [3.63, 3.8) is 0 Å². The molecule has 0 aliphatic heterocycles. The number of nitriles is 1. The molecule has 0 atom stereocenters. The van der Waals surface area contributed by atoms with Gasteiger partial charge in [-0.1, -0.05) is 6.07 Å². The van der Waals surface area contributed by atoms with Crippen LogP contribution in [0.5, 0.6) is 0 Å². The van der Waals surface area contributed by atoms with Crippen LogP contribution < -0.4 is 10.6 Å². The number of hydrogen-bond acceptors (Lipinski definition) is 5. The maximum absolute atomic E-state index is 12.0. The van der Waals surface area contributed by atoms with E-state index in [0.717, 1.165) is 0 Å². The number of anilines is 2. The topological polar surface area (TPSA) is 90.7 Å². The monoisotopic (exact) mass is 281 g/mol. The Morgan fingerprint density at radius 2 is 2.10 bits per heavy atom. The third-order valence-electron chi connectivity index (χ3n) is 2.57. The third-order valence-corrected chi connectivity index (χ3v) is 2.57. The summed E-state index contributed by atoms with van der Waals surface area (Å²) < 4.78 is 0. The summed E-state index contributed by atoms with van der Waals surface area (Å²) in [5, 5.41) is 14.6. The lowest BCUT2D eigenvalue weighted by molar-refractivity contribution is 0.102. The fraction of sp³-hybridized carbons (Fsp3) is 0.200. The van der Waals surface area contributed by atoms with Gasteiger partial charge in [-0.2, -0.15) is 5.26 Å². The minimum absolute atomic E-state index is 0.215. The van der Waals surface area contributed by atoms with E-state index in [0.29, 0.717) is 17.1 Å². The minimum Gasteiger partial charge on any atom is -0.367 e. The molecule has 0 spiro atoms. The summed E-state index contributed by atoms with van der Waals surface area (Å²) in [5.74, 6) is 0.252. The van der Waals surface area contributed by atoms with Crippen LogP contribution in [0.2, 0.25) is 0 Å². The van der Waals surface area contributed by atoms with Crippen LogP contribution in [0.25, 0.3) is 0 Å². The van der Waals surface area contributed by atoms with Gasteiger partial charge < -0.3 is 10.6 Å². The number of amides is 1. The SMILES string of the molecule is CC(C)Nc1cnc(C(=O)Nc2cccc(C#N)c2)cn1. The Balaban J connectivity index is 2.08. The van der Waals surface area contributed by atoms with Crippen LogP contribution in [0, 0.1) is 11.3 Å². The molecule has 6 heteroatoms. The van der Waals surface area contributed by atoms with E-state index in [1.165, 1.54) is 12.4 Å². The molecule has 0 saturated heterocycles. The van der Waals surface area contributed by atoms with Gasteiger partial charge >= 0.3 is 0 Å². The second-order valence-corrected chi connectivity index (χ2v) is 4.73. The van der Waals surface area contributed by atoms with Crippen molar-refractivity contribution in [2.45, 2.75) is 19.9 Å². The number of hydrogen-bond donors (Lipinski definition) is 2. The zero-order valence-electron chi connectivity index (χ0n) is 11.8. The fourth-order valence-electron chi connectivity index (χ4n) is 1.68. The highest BCUT2D eigenvalue weighted by Crippen LogP contribution is 2.11. The molecule has 0 aliphatic carbocycles. The Kier molecular flexibility index (Phi) is 4.46. The number of rotatable bonds is 4. The van der Waals surface area contributed by atoms with Gasteiger partial charge in [-0.25, -0.2) is 9.97 Å². The number of nitrogens with zero attached hydrogens (tertiary/aromatic N) is 3. The van der Waals surface area contributed by atoms with E-state index in [1.807, 2.05) is 19.9 Å². The van der Waals surface area contributed by atoms with Gasteiger partial charge in [0.1, 0.15) is 11.5 Å². The van der Waals surface area contributed by atoms with E-state index in [1.54, 1.807) is 24.3 Å². The van der Waals surface area contributed by atoms with Crippen molar-refractivity contribution in [3.8, 4) is 6.07 Å². The van der Waals surface area contributed by atoms with Gasteiger partial charge in [0.2, 0.25) is 0 Å². The lowest BCUT2D eigenvalue weighted by atomic mass is 10.2. The van der Waals surface area contributed by atoms with Crippen LogP contribution in [-0.2, 0) is 0 Å². The Hall–Kier alpha value is -2.94. The lowest BCUT2D eigenvalue weighted by Crippen LogP contribution is -2.16. The zero-order chi connectivity index (χ0) is 15.2. The maximum Gasteiger partial charge on any atom is 0.275 e. The van der Waals surface area contributed by atoms with E-state index in [-0.39, 0.29) is 17.6 Å². The first-order valence-corrected chi connectivity index (χ1v) is 6.48. The summed E-state index contributed by atoms with van der Waals surface area (Å²) in [6.45, 7) is 3.98. The first-order valence-electron chi connectivity index (χ1n) is 6.48. The predicted octanol–water partition coefficient (Wildman–Crippen LogP) is 2.42. The lowest BCUT2D eigenvalue weighted by Gasteiger charge is -2.09. The van der Waals surface area contributed by atoms with E-state index < -0.39 is 0 Å². The minimum atomic E-state index is -0.367. The van der Waals surface area contributed by atoms with Gasteiger partial charge in [0.15, 0.2) is 0 Å². The van der Waals surface area contributed by atoms with Crippen LogP contribution in [0.1, 0.15) is 29.9 Å². The van der Waals surface area contributed by atoms with Crippen molar-refractivity contribution in [2.75, 3.05) is 10.6 Å². The van der Waals surface area contributed by atoms with E-state index in [2.05, 4.69) is 20.6 Å². The maximum atomic E-state index is 12.0. The first-order chi connectivity index (χ1) is 10.1. The third kappa shape index (κ3) is 4.01. The van der Waals surface area contributed by atoms with Gasteiger partial charge in [0.05, 0.1) is 24.0 Å². The summed E-state index contributed by atoms with van der Waals surface area (Å²) in [5.41, 5.74) is 1.24. The van der Waals surface area contributed by atoms with Crippen molar-refractivity contribution >= 4 is 17.4 Å². The molecule has 0 fully saturated rings.